The number of hydrogen-bond acceptors (Lipinski definition) is 9. The number of halogens is 1. The van der Waals surface area contributed by atoms with E-state index in [1.54, 1.807) is 38.1 Å². The van der Waals surface area contributed by atoms with Crippen LogP contribution < -0.4 is 20.3 Å². The van der Waals surface area contributed by atoms with Crippen molar-refractivity contribution < 1.29 is 24.2 Å². The van der Waals surface area contributed by atoms with Crippen molar-refractivity contribution in [2.24, 2.45) is 0 Å². The lowest BCUT2D eigenvalue weighted by molar-refractivity contribution is 0.0516. The summed E-state index contributed by atoms with van der Waals surface area (Å²) in [5.41, 5.74) is 3.32. The molecule has 1 atom stereocenters. The molecule has 1 fully saturated rings. The van der Waals surface area contributed by atoms with E-state index in [-0.39, 0.29) is 42.4 Å². The molecule has 4 aromatic rings. The number of aryl methyl sites for hydroxylation is 1. The molecule has 0 aliphatic carbocycles. The molecule has 4 heterocycles. The normalized spacial score (nSPS) is 16.4. The lowest BCUT2D eigenvalue weighted by Crippen LogP contribution is -2.46. The number of imidazole rings is 1. The lowest BCUT2D eigenvalue weighted by atomic mass is 10.0. The van der Waals surface area contributed by atoms with Gasteiger partial charge in [-0.05, 0) is 76.7 Å². The molecule has 6 rings (SSSR count). The van der Waals surface area contributed by atoms with Gasteiger partial charge in [-0.15, -0.1) is 0 Å². The first-order chi connectivity index (χ1) is 21.6. The van der Waals surface area contributed by atoms with E-state index in [1.807, 2.05) is 7.05 Å². The molecule has 12 nitrogen and oxygen atoms in total. The third kappa shape index (κ3) is 5.54. The van der Waals surface area contributed by atoms with Gasteiger partial charge in [0.1, 0.15) is 35.6 Å². The van der Waals surface area contributed by atoms with Gasteiger partial charge in [-0.2, -0.15) is 0 Å². The second-order valence-electron chi connectivity index (χ2n) is 11.6. The van der Waals surface area contributed by atoms with Crippen molar-refractivity contribution in [2.75, 3.05) is 45.7 Å². The smallest absolute Gasteiger partial charge is 0.262 e. The zero-order chi connectivity index (χ0) is 32.0. The third-order valence-electron chi connectivity index (χ3n) is 8.65. The summed E-state index contributed by atoms with van der Waals surface area (Å²) in [5, 5.41) is 14.2. The van der Waals surface area contributed by atoms with Crippen LogP contribution >= 0.6 is 11.6 Å². The van der Waals surface area contributed by atoms with Gasteiger partial charge in [-0.3, -0.25) is 19.3 Å². The van der Waals surface area contributed by atoms with Gasteiger partial charge in [0.05, 0.1) is 40.0 Å². The van der Waals surface area contributed by atoms with E-state index in [1.165, 1.54) is 18.2 Å². The second-order valence-corrected chi connectivity index (χ2v) is 11.9. The number of likely N-dealkylation sites (tertiary alicyclic amines) is 1. The van der Waals surface area contributed by atoms with Gasteiger partial charge < -0.3 is 34.8 Å². The number of imide groups is 1. The molecule has 2 aliphatic heterocycles. The Morgan fingerprint density at radius 2 is 1.82 bits per heavy atom. The largest absolute Gasteiger partial charge is 0.495 e. The minimum Gasteiger partial charge on any atom is -0.495 e. The summed E-state index contributed by atoms with van der Waals surface area (Å²) in [7, 11) is 3.57. The number of H-pyrrole nitrogens is 2. The van der Waals surface area contributed by atoms with Crippen molar-refractivity contribution in [3.8, 4) is 22.9 Å². The molecular weight excluding hydrogens is 600 g/mol. The topological polar surface area (TPSA) is 153 Å². The predicted molar refractivity (Wildman–Crippen MR) is 171 cm³/mol. The van der Waals surface area contributed by atoms with Crippen LogP contribution in [0.25, 0.3) is 22.4 Å². The third-order valence-corrected chi connectivity index (χ3v) is 9.12. The second kappa shape index (κ2) is 12.2. The minimum absolute atomic E-state index is 0.0267. The van der Waals surface area contributed by atoms with Gasteiger partial charge in [0.2, 0.25) is 0 Å². The molecule has 2 aliphatic rings. The number of ether oxygens (including phenoxy) is 2. The quantitative estimate of drug-likeness (QED) is 0.202. The number of carbonyl (C=O) groups is 2. The molecule has 45 heavy (non-hydrogen) atoms. The standard InChI is InChI=1S/C32H35ClN6O6/c1-16-23(5-6-24(44-4)27(16)33)45-15-19(40)14-35-21-7-10-34-30(41)26(21)29-36-22-13-20-25(17(2)28(22)37-29)32(43)39(31(20)42)18-8-11-38(3)12-9-18/h5-7,10,13,18-19,40H,8-9,11-12,14-15H2,1-4H3,(H,36,37)(H2,34,35,41). The molecule has 2 aromatic heterocycles. The number of rotatable bonds is 9. The first-order valence-corrected chi connectivity index (χ1v) is 15.2. The van der Waals surface area contributed by atoms with Crippen molar-refractivity contribution in [1.29, 1.82) is 0 Å². The summed E-state index contributed by atoms with van der Waals surface area (Å²) in [4.78, 5) is 54.2. The number of nitrogens with one attached hydrogen (secondary N) is 3. The molecule has 2 amide bonds. The number of pyridine rings is 1. The van der Waals surface area contributed by atoms with Gasteiger partial charge in [-0.1, -0.05) is 11.6 Å². The highest BCUT2D eigenvalue weighted by Crippen LogP contribution is 2.36. The zero-order valence-electron chi connectivity index (χ0n) is 25.5. The highest BCUT2D eigenvalue weighted by molar-refractivity contribution is 6.33. The monoisotopic (exact) mass is 634 g/mol. The zero-order valence-corrected chi connectivity index (χ0v) is 26.2. The number of aromatic amines is 2. The lowest BCUT2D eigenvalue weighted by Gasteiger charge is -2.33. The number of fused-ring (bicyclic) bond motifs is 2. The number of aliphatic hydroxyl groups excluding tert-OH is 1. The Hall–Kier alpha value is -4.39. The Kier molecular flexibility index (Phi) is 8.29. The van der Waals surface area contributed by atoms with E-state index in [0.29, 0.717) is 55.5 Å². The van der Waals surface area contributed by atoms with Crippen LogP contribution in [0.15, 0.2) is 35.3 Å². The van der Waals surface area contributed by atoms with Gasteiger partial charge in [0.25, 0.3) is 17.4 Å². The molecule has 0 spiro atoms. The maximum absolute atomic E-state index is 13.5. The molecule has 13 heteroatoms. The van der Waals surface area contributed by atoms with Crippen LogP contribution in [0.2, 0.25) is 5.02 Å². The number of aromatic nitrogens is 3. The Balaban J connectivity index is 1.22. The molecule has 236 valence electrons. The van der Waals surface area contributed by atoms with E-state index >= 15 is 0 Å². The number of benzene rings is 2. The number of amides is 2. The summed E-state index contributed by atoms with van der Waals surface area (Å²) in [6.07, 6.45) is 2.05. The Bertz CT molecular complexity index is 1860. The molecule has 1 saturated heterocycles. The first kappa shape index (κ1) is 30.6. The molecule has 0 radical (unpaired) electrons. The van der Waals surface area contributed by atoms with E-state index < -0.39 is 11.7 Å². The maximum Gasteiger partial charge on any atom is 0.262 e. The van der Waals surface area contributed by atoms with Gasteiger partial charge in [0, 0.05) is 24.3 Å². The first-order valence-electron chi connectivity index (χ1n) is 14.8. The van der Waals surface area contributed by atoms with Gasteiger partial charge in [0.15, 0.2) is 0 Å². The van der Waals surface area contributed by atoms with Crippen molar-refractivity contribution in [1.82, 2.24) is 24.8 Å². The Morgan fingerprint density at radius 1 is 1.09 bits per heavy atom. The number of nitrogens with zero attached hydrogens (tertiary/aromatic N) is 3. The summed E-state index contributed by atoms with van der Waals surface area (Å²) in [5.74, 6) is 0.726. The van der Waals surface area contributed by atoms with Crippen LogP contribution in [0, 0.1) is 13.8 Å². The minimum atomic E-state index is -0.928. The van der Waals surface area contributed by atoms with Crippen molar-refractivity contribution in [2.45, 2.75) is 38.8 Å². The van der Waals surface area contributed by atoms with E-state index in [4.69, 9.17) is 21.1 Å². The highest BCUT2D eigenvalue weighted by Gasteiger charge is 2.42. The molecule has 0 bridgehead atoms. The summed E-state index contributed by atoms with van der Waals surface area (Å²) >= 11 is 6.31. The molecule has 4 N–H and O–H groups in total. The van der Waals surface area contributed by atoms with Crippen LogP contribution in [0.1, 0.15) is 44.7 Å². The number of piperidine rings is 1. The van der Waals surface area contributed by atoms with Crippen molar-refractivity contribution in [3.63, 3.8) is 0 Å². The number of anilines is 1. The van der Waals surface area contributed by atoms with Crippen molar-refractivity contribution in [3.05, 3.63) is 68.1 Å². The predicted octanol–water partition coefficient (Wildman–Crippen LogP) is 3.74. The molecule has 0 saturated carbocycles. The SMILES string of the molecule is COc1ccc(OCC(O)CNc2cc[nH]c(=O)c2-c2nc3cc4c(c(C)c3[nH]2)C(=O)N(C2CCN(C)CC2)C4=O)c(C)c1Cl. The number of carbonyl (C=O) groups excluding carboxylic acids is 2. The fraction of sp³-hybridized carbons (Fsp3) is 0.375. The molecule has 1 unspecified atom stereocenters. The molecule has 2 aromatic carbocycles. The van der Waals surface area contributed by atoms with Crippen LogP contribution in [0.3, 0.4) is 0 Å². The van der Waals surface area contributed by atoms with E-state index in [9.17, 15) is 19.5 Å². The van der Waals surface area contributed by atoms with Crippen LogP contribution in [0.5, 0.6) is 11.5 Å². The fourth-order valence-corrected chi connectivity index (χ4v) is 6.33. The summed E-state index contributed by atoms with van der Waals surface area (Å²) in [6.45, 7) is 5.28. The number of methoxy groups -OCH3 is 1. The average Bonchev–Trinajstić information content (AvgIpc) is 3.56. The maximum atomic E-state index is 13.5. The van der Waals surface area contributed by atoms with Crippen LogP contribution in [-0.4, -0.2) is 94.2 Å². The van der Waals surface area contributed by atoms with Crippen LogP contribution in [-0.2, 0) is 0 Å². The van der Waals surface area contributed by atoms with Crippen LogP contribution in [0.4, 0.5) is 5.69 Å². The molecular formula is C32H35ClN6O6. The van der Waals surface area contributed by atoms with E-state index in [0.717, 1.165) is 25.9 Å². The highest BCUT2D eigenvalue weighted by atomic mass is 35.5. The van der Waals surface area contributed by atoms with Gasteiger partial charge >= 0.3 is 0 Å². The summed E-state index contributed by atoms with van der Waals surface area (Å²) in [6, 6.07) is 6.58. The van der Waals surface area contributed by atoms with Crippen molar-refractivity contribution >= 4 is 40.1 Å². The summed E-state index contributed by atoms with van der Waals surface area (Å²) < 4.78 is 11.0. The number of hydrogen-bond donors (Lipinski definition) is 4. The van der Waals surface area contributed by atoms with E-state index in [2.05, 4.69) is 25.2 Å². The van der Waals surface area contributed by atoms with Gasteiger partial charge in [-0.25, -0.2) is 4.98 Å². The number of aliphatic hydroxyl groups is 1. The Morgan fingerprint density at radius 3 is 2.56 bits per heavy atom. The Labute approximate surface area is 264 Å². The fourth-order valence-electron chi connectivity index (χ4n) is 6.09. The average molecular weight is 635 g/mol.